The summed E-state index contributed by atoms with van der Waals surface area (Å²) in [6.07, 6.45) is 0.700. The van der Waals surface area contributed by atoms with Crippen molar-refractivity contribution in [1.29, 1.82) is 5.26 Å². The maximum atomic E-state index is 13.7. The average Bonchev–Trinajstić information content (AvgIpc) is 2.86. The number of carbonyl (C=O) groups excluding carboxylic acids is 1. The van der Waals surface area contributed by atoms with Crippen molar-refractivity contribution in [2.24, 2.45) is 0 Å². The molecule has 0 spiro atoms. The van der Waals surface area contributed by atoms with Crippen LogP contribution in [0.2, 0.25) is 0 Å². The standard InChI is InChI=1S/C16H18FN3O2/c1-11-9-15(16(21)22-11)20-7-5-19(6-8-20)14-4-2-3-13(17)12(14)10-18/h2-4,11,15H,5-9H2,1H3/t11-,15-/m1/s1. The van der Waals surface area contributed by atoms with Crippen LogP contribution >= 0.6 is 0 Å². The Morgan fingerprint density at radius 3 is 2.64 bits per heavy atom. The van der Waals surface area contributed by atoms with Crippen molar-refractivity contribution < 1.29 is 13.9 Å². The van der Waals surface area contributed by atoms with Crippen LogP contribution in [-0.4, -0.2) is 49.2 Å². The van der Waals surface area contributed by atoms with E-state index in [1.165, 1.54) is 6.07 Å². The van der Waals surface area contributed by atoms with Gasteiger partial charge in [-0.05, 0) is 19.1 Å². The minimum Gasteiger partial charge on any atom is -0.461 e. The second-order valence-corrected chi connectivity index (χ2v) is 5.77. The summed E-state index contributed by atoms with van der Waals surface area (Å²) in [5.41, 5.74) is 0.717. The van der Waals surface area contributed by atoms with Gasteiger partial charge < -0.3 is 9.64 Å². The molecule has 0 radical (unpaired) electrons. The molecule has 2 saturated heterocycles. The normalized spacial score (nSPS) is 25.9. The van der Waals surface area contributed by atoms with E-state index in [9.17, 15) is 9.18 Å². The third kappa shape index (κ3) is 2.64. The maximum Gasteiger partial charge on any atom is 0.323 e. The fourth-order valence-corrected chi connectivity index (χ4v) is 3.20. The van der Waals surface area contributed by atoms with Crippen molar-refractivity contribution in [1.82, 2.24) is 4.90 Å². The zero-order chi connectivity index (χ0) is 15.7. The number of hydrogen-bond donors (Lipinski definition) is 0. The van der Waals surface area contributed by atoms with Crippen LogP contribution in [0.3, 0.4) is 0 Å². The van der Waals surface area contributed by atoms with E-state index < -0.39 is 5.82 Å². The molecule has 5 nitrogen and oxygen atoms in total. The number of halogens is 1. The number of benzene rings is 1. The van der Waals surface area contributed by atoms with Crippen LogP contribution in [0.1, 0.15) is 18.9 Å². The molecule has 22 heavy (non-hydrogen) atoms. The van der Waals surface area contributed by atoms with Crippen LogP contribution < -0.4 is 4.90 Å². The number of esters is 1. The smallest absolute Gasteiger partial charge is 0.323 e. The van der Waals surface area contributed by atoms with Gasteiger partial charge in [-0.1, -0.05) is 6.07 Å². The van der Waals surface area contributed by atoms with E-state index in [1.54, 1.807) is 12.1 Å². The molecule has 0 saturated carbocycles. The summed E-state index contributed by atoms with van der Waals surface area (Å²) in [5, 5.41) is 9.13. The zero-order valence-corrected chi connectivity index (χ0v) is 12.5. The van der Waals surface area contributed by atoms with Crippen molar-refractivity contribution in [3.8, 4) is 6.07 Å². The number of hydrogen-bond acceptors (Lipinski definition) is 5. The number of cyclic esters (lactones) is 1. The monoisotopic (exact) mass is 303 g/mol. The van der Waals surface area contributed by atoms with Crippen molar-refractivity contribution in [2.45, 2.75) is 25.5 Å². The lowest BCUT2D eigenvalue weighted by Crippen LogP contribution is -2.51. The third-order valence-corrected chi connectivity index (χ3v) is 4.34. The minimum atomic E-state index is -0.490. The highest BCUT2D eigenvalue weighted by Gasteiger charge is 2.37. The Hall–Kier alpha value is -2.13. The second-order valence-electron chi connectivity index (χ2n) is 5.77. The SMILES string of the molecule is C[C@@H]1C[C@@H](N2CCN(c3cccc(F)c3C#N)CC2)C(=O)O1. The molecule has 1 aromatic rings. The van der Waals surface area contributed by atoms with Crippen molar-refractivity contribution in [3.63, 3.8) is 0 Å². The van der Waals surface area contributed by atoms with Gasteiger partial charge in [-0.15, -0.1) is 0 Å². The van der Waals surface area contributed by atoms with Crippen LogP contribution in [-0.2, 0) is 9.53 Å². The summed E-state index contributed by atoms with van der Waals surface area (Å²) in [6, 6.07) is 6.46. The number of rotatable bonds is 2. The van der Waals surface area contributed by atoms with E-state index in [0.717, 1.165) is 6.42 Å². The average molecular weight is 303 g/mol. The number of nitrogens with zero attached hydrogens (tertiary/aromatic N) is 3. The highest BCUT2D eigenvalue weighted by atomic mass is 19.1. The Balaban J connectivity index is 1.69. The molecular weight excluding hydrogens is 285 g/mol. The van der Waals surface area contributed by atoms with Gasteiger partial charge in [0.2, 0.25) is 0 Å². The first kappa shape index (κ1) is 14.8. The summed E-state index contributed by atoms with van der Waals surface area (Å²) in [5.74, 6) is -0.639. The number of ether oxygens (including phenoxy) is 1. The fraction of sp³-hybridized carbons (Fsp3) is 0.500. The van der Waals surface area contributed by atoms with Gasteiger partial charge in [0.25, 0.3) is 0 Å². The Bertz CT molecular complexity index is 620. The number of carbonyl (C=O) groups is 1. The van der Waals surface area contributed by atoms with E-state index in [-0.39, 0.29) is 23.7 Å². The highest BCUT2D eigenvalue weighted by molar-refractivity contribution is 5.78. The van der Waals surface area contributed by atoms with Gasteiger partial charge in [0.1, 0.15) is 29.6 Å². The number of nitriles is 1. The maximum absolute atomic E-state index is 13.7. The Morgan fingerprint density at radius 1 is 1.32 bits per heavy atom. The van der Waals surface area contributed by atoms with Crippen LogP contribution in [0.15, 0.2) is 18.2 Å². The molecule has 0 unspecified atom stereocenters. The predicted octanol–water partition coefficient (Wildman–Crippen LogP) is 1.52. The van der Waals surface area contributed by atoms with Crippen LogP contribution in [0.4, 0.5) is 10.1 Å². The lowest BCUT2D eigenvalue weighted by atomic mass is 10.1. The first-order valence-corrected chi connectivity index (χ1v) is 7.48. The molecule has 0 bridgehead atoms. The van der Waals surface area contributed by atoms with Gasteiger partial charge >= 0.3 is 5.97 Å². The molecule has 3 rings (SSSR count). The van der Waals surface area contributed by atoms with Gasteiger partial charge in [0.05, 0.1) is 5.69 Å². The molecule has 2 fully saturated rings. The molecule has 2 aliphatic rings. The quantitative estimate of drug-likeness (QED) is 0.775. The topological polar surface area (TPSA) is 56.6 Å². The molecule has 0 amide bonds. The molecule has 1 aromatic carbocycles. The molecular formula is C16H18FN3O2. The predicted molar refractivity (Wildman–Crippen MR) is 78.9 cm³/mol. The van der Waals surface area contributed by atoms with Crippen LogP contribution in [0.5, 0.6) is 0 Å². The van der Waals surface area contributed by atoms with E-state index in [0.29, 0.717) is 31.9 Å². The summed E-state index contributed by atoms with van der Waals surface area (Å²) < 4.78 is 18.9. The fourth-order valence-electron chi connectivity index (χ4n) is 3.20. The summed E-state index contributed by atoms with van der Waals surface area (Å²) in [4.78, 5) is 15.9. The molecule has 0 aliphatic carbocycles. The Kier molecular flexibility index (Phi) is 3.99. The first-order valence-electron chi connectivity index (χ1n) is 7.48. The minimum absolute atomic E-state index is 0.0241. The van der Waals surface area contributed by atoms with Crippen LogP contribution in [0, 0.1) is 17.1 Å². The molecule has 0 aromatic heterocycles. The highest BCUT2D eigenvalue weighted by Crippen LogP contribution is 2.26. The van der Waals surface area contributed by atoms with Gasteiger partial charge in [-0.3, -0.25) is 9.69 Å². The van der Waals surface area contributed by atoms with Gasteiger partial charge in [0, 0.05) is 32.6 Å². The molecule has 0 N–H and O–H groups in total. The number of piperazine rings is 1. The van der Waals surface area contributed by atoms with Crippen molar-refractivity contribution >= 4 is 11.7 Å². The van der Waals surface area contributed by atoms with Crippen molar-refractivity contribution in [3.05, 3.63) is 29.6 Å². The van der Waals surface area contributed by atoms with Crippen LogP contribution in [0.25, 0.3) is 0 Å². The molecule has 2 aliphatic heterocycles. The van der Waals surface area contributed by atoms with E-state index >= 15 is 0 Å². The van der Waals surface area contributed by atoms with E-state index in [4.69, 9.17) is 10.00 Å². The van der Waals surface area contributed by atoms with Gasteiger partial charge in [0.15, 0.2) is 0 Å². The van der Waals surface area contributed by atoms with Gasteiger partial charge in [-0.25, -0.2) is 4.39 Å². The van der Waals surface area contributed by atoms with E-state index in [2.05, 4.69) is 4.90 Å². The third-order valence-electron chi connectivity index (χ3n) is 4.34. The lowest BCUT2D eigenvalue weighted by Gasteiger charge is -2.38. The summed E-state index contributed by atoms with van der Waals surface area (Å²) >= 11 is 0. The molecule has 2 atom stereocenters. The largest absolute Gasteiger partial charge is 0.461 e. The number of anilines is 1. The molecule has 6 heteroatoms. The zero-order valence-electron chi connectivity index (χ0n) is 12.5. The summed E-state index contributed by atoms with van der Waals surface area (Å²) in [6.45, 7) is 4.63. The molecule has 116 valence electrons. The van der Waals surface area contributed by atoms with Crippen molar-refractivity contribution in [2.75, 3.05) is 31.1 Å². The molecule has 2 heterocycles. The lowest BCUT2D eigenvalue weighted by molar-refractivity contribution is -0.144. The Labute approximate surface area is 128 Å². The van der Waals surface area contributed by atoms with Gasteiger partial charge in [-0.2, -0.15) is 5.26 Å². The van der Waals surface area contributed by atoms with E-state index in [1.807, 2.05) is 17.9 Å². The Morgan fingerprint density at radius 2 is 2.05 bits per heavy atom. The summed E-state index contributed by atoms with van der Waals surface area (Å²) in [7, 11) is 0. The second kappa shape index (κ2) is 5.93. The first-order chi connectivity index (χ1) is 10.6.